The van der Waals surface area contributed by atoms with E-state index < -0.39 is 12.0 Å². The topological polar surface area (TPSA) is 114 Å². The van der Waals surface area contributed by atoms with Crippen LogP contribution < -0.4 is 10.6 Å². The summed E-state index contributed by atoms with van der Waals surface area (Å²) in [6.07, 6.45) is 9.76. The van der Waals surface area contributed by atoms with E-state index in [4.69, 9.17) is 14.5 Å². The second-order valence-electron chi connectivity index (χ2n) is 10.9. The van der Waals surface area contributed by atoms with E-state index in [0.717, 1.165) is 31.4 Å². The predicted molar refractivity (Wildman–Crippen MR) is 139 cm³/mol. The highest BCUT2D eigenvalue weighted by Gasteiger charge is 2.40. The minimum atomic E-state index is -2.69. The van der Waals surface area contributed by atoms with Crippen LogP contribution in [0.15, 0.2) is 29.2 Å². The average Bonchev–Trinajstić information content (AvgIpc) is 3.48. The number of amides is 2. The van der Waals surface area contributed by atoms with E-state index in [0.29, 0.717) is 41.5 Å². The molecule has 2 amide bonds. The molecule has 2 atom stereocenters. The Hall–Kier alpha value is -3.37. The second kappa shape index (κ2) is 11.4. The van der Waals surface area contributed by atoms with E-state index in [2.05, 4.69) is 15.8 Å². The molecule has 3 aromatic rings. The molecule has 2 aliphatic rings. The van der Waals surface area contributed by atoms with E-state index in [9.17, 15) is 18.4 Å². The molecule has 210 valence electrons. The molecule has 9 nitrogen and oxygen atoms in total. The first kappa shape index (κ1) is 27.2. The number of nitrogens with one attached hydrogen (secondary N) is 2. The van der Waals surface area contributed by atoms with Crippen LogP contribution in [0, 0.1) is 11.8 Å². The molecule has 0 saturated heterocycles. The lowest BCUT2D eigenvalue weighted by molar-refractivity contribution is -0.122. The first-order chi connectivity index (χ1) is 18.8. The average molecular weight is 543 g/mol. The van der Waals surface area contributed by atoms with Crippen LogP contribution >= 0.6 is 0 Å². The van der Waals surface area contributed by atoms with Gasteiger partial charge in [0.1, 0.15) is 11.8 Å². The summed E-state index contributed by atoms with van der Waals surface area (Å²) in [5, 5.41) is 10.1. The van der Waals surface area contributed by atoms with Crippen molar-refractivity contribution in [2.45, 2.75) is 96.1 Å². The van der Waals surface area contributed by atoms with Gasteiger partial charge in [0.2, 0.25) is 17.6 Å². The van der Waals surface area contributed by atoms with Gasteiger partial charge in [0, 0.05) is 31.7 Å². The highest BCUT2D eigenvalue weighted by Crippen LogP contribution is 2.42. The maximum Gasteiger partial charge on any atom is 0.257 e. The van der Waals surface area contributed by atoms with Crippen molar-refractivity contribution < 1.29 is 22.9 Å². The molecule has 3 heterocycles. The molecule has 0 unspecified atom stereocenters. The van der Waals surface area contributed by atoms with Gasteiger partial charge in [-0.25, -0.2) is 18.7 Å². The Morgan fingerprint density at radius 2 is 1.74 bits per heavy atom. The van der Waals surface area contributed by atoms with Gasteiger partial charge in [-0.1, -0.05) is 25.4 Å². The molecule has 5 rings (SSSR count). The Morgan fingerprint density at radius 3 is 2.44 bits per heavy atom. The number of carbonyl (C=O) groups is 2. The monoisotopic (exact) mass is 542 g/mol. The number of imidazole rings is 1. The molecule has 0 spiro atoms. The summed E-state index contributed by atoms with van der Waals surface area (Å²) >= 11 is 0. The Labute approximate surface area is 226 Å². The number of aromatic nitrogens is 4. The fourth-order valence-electron chi connectivity index (χ4n) is 5.47. The number of rotatable bonds is 11. The van der Waals surface area contributed by atoms with Gasteiger partial charge in [0.15, 0.2) is 0 Å². The third-order valence-electron chi connectivity index (χ3n) is 7.79. The third kappa shape index (κ3) is 6.28. The van der Waals surface area contributed by atoms with Crippen molar-refractivity contribution in [2.75, 3.05) is 0 Å². The summed E-state index contributed by atoms with van der Waals surface area (Å²) in [6.45, 7) is 3.96. The van der Waals surface area contributed by atoms with Gasteiger partial charge in [-0.3, -0.25) is 14.0 Å². The van der Waals surface area contributed by atoms with Gasteiger partial charge < -0.3 is 15.2 Å². The molecule has 2 N–H and O–H groups in total. The van der Waals surface area contributed by atoms with Crippen molar-refractivity contribution in [1.29, 1.82) is 0 Å². The van der Waals surface area contributed by atoms with Gasteiger partial charge in [0.05, 0.1) is 29.2 Å². The molecule has 0 bridgehead atoms. The minimum Gasteiger partial charge on any atom is -0.364 e. The van der Waals surface area contributed by atoms with E-state index in [1.54, 1.807) is 10.6 Å². The van der Waals surface area contributed by atoms with Crippen molar-refractivity contribution in [2.24, 2.45) is 11.8 Å². The fraction of sp³-hybridized carbons (Fsp3) is 0.607. The molecule has 2 saturated carbocycles. The van der Waals surface area contributed by atoms with Gasteiger partial charge in [-0.05, 0) is 56.4 Å². The number of hydrogen-bond donors (Lipinski definition) is 2. The number of aryl methyl sites for hydroxylation is 1. The molecule has 0 aromatic carbocycles. The van der Waals surface area contributed by atoms with E-state index in [1.807, 2.05) is 26.1 Å². The number of fused-ring (bicyclic) bond motifs is 1. The van der Waals surface area contributed by atoms with Crippen LogP contribution in [0.4, 0.5) is 8.78 Å². The molecule has 2 fully saturated rings. The SMILES string of the molecule is CCCC(=O)N[C@@H](c1ccn2cc([C@@H](NC(=O)c3conc3CCC)C3CCC(F)(F)CC3)nc2n1)C1CC1. The van der Waals surface area contributed by atoms with Crippen molar-refractivity contribution in [3.63, 3.8) is 0 Å². The summed E-state index contributed by atoms with van der Waals surface area (Å²) in [5.41, 5.74) is 2.23. The van der Waals surface area contributed by atoms with Crippen LogP contribution in [-0.4, -0.2) is 37.3 Å². The first-order valence-electron chi connectivity index (χ1n) is 14.0. The Bertz CT molecular complexity index is 1310. The molecule has 0 aliphatic heterocycles. The van der Waals surface area contributed by atoms with E-state index in [-0.39, 0.29) is 49.5 Å². The minimum absolute atomic E-state index is 0.00756. The van der Waals surface area contributed by atoms with Crippen LogP contribution in [0.3, 0.4) is 0 Å². The molecule has 39 heavy (non-hydrogen) atoms. The fourth-order valence-corrected chi connectivity index (χ4v) is 5.47. The third-order valence-corrected chi connectivity index (χ3v) is 7.79. The molecule has 0 radical (unpaired) electrons. The Kier molecular flexibility index (Phi) is 7.95. The van der Waals surface area contributed by atoms with Crippen LogP contribution in [0.2, 0.25) is 0 Å². The Morgan fingerprint density at radius 1 is 1.05 bits per heavy atom. The first-order valence-corrected chi connectivity index (χ1v) is 14.0. The van der Waals surface area contributed by atoms with Crippen molar-refractivity contribution in [3.05, 3.63) is 47.4 Å². The highest BCUT2D eigenvalue weighted by molar-refractivity contribution is 5.95. The molecular formula is C28H36F2N6O3. The van der Waals surface area contributed by atoms with Gasteiger partial charge in [-0.2, -0.15) is 0 Å². The standard InChI is InChI=1S/C28H36F2N6O3/c1-3-5-20-19(16-39-35-20)26(38)34-25(18-9-12-28(29,30)13-10-18)22-15-36-14-11-21(31-27(36)32-22)24(17-7-8-17)33-23(37)6-4-2/h11,14-18,24-25H,3-10,12-13H2,1-2H3,(H,33,37)(H,34,38)/t24-,25+/m1/s1. The number of alkyl halides is 2. The zero-order valence-corrected chi connectivity index (χ0v) is 22.5. The number of halogens is 2. The van der Waals surface area contributed by atoms with E-state index in [1.165, 1.54) is 6.26 Å². The largest absolute Gasteiger partial charge is 0.364 e. The summed E-state index contributed by atoms with van der Waals surface area (Å²) in [6, 6.07) is 1.14. The molecule has 3 aromatic heterocycles. The number of carbonyl (C=O) groups excluding carboxylic acids is 2. The zero-order chi connectivity index (χ0) is 27.6. The summed E-state index contributed by atoms with van der Waals surface area (Å²) in [7, 11) is 0. The number of nitrogens with zero attached hydrogens (tertiary/aromatic N) is 4. The smallest absolute Gasteiger partial charge is 0.257 e. The molecule has 2 aliphatic carbocycles. The summed E-state index contributed by atoms with van der Waals surface area (Å²) in [4.78, 5) is 35.2. The zero-order valence-electron chi connectivity index (χ0n) is 22.5. The lowest BCUT2D eigenvalue weighted by Gasteiger charge is -2.33. The summed E-state index contributed by atoms with van der Waals surface area (Å²) in [5.74, 6) is -2.46. The van der Waals surface area contributed by atoms with Crippen molar-refractivity contribution in [3.8, 4) is 0 Å². The summed E-state index contributed by atoms with van der Waals surface area (Å²) < 4.78 is 34.8. The van der Waals surface area contributed by atoms with Crippen LogP contribution in [0.25, 0.3) is 5.78 Å². The maximum absolute atomic E-state index is 14.0. The van der Waals surface area contributed by atoms with Gasteiger partial charge >= 0.3 is 0 Å². The van der Waals surface area contributed by atoms with Gasteiger partial charge in [-0.15, -0.1) is 0 Å². The Balaban J connectivity index is 1.43. The van der Waals surface area contributed by atoms with Crippen LogP contribution in [0.5, 0.6) is 0 Å². The second-order valence-corrected chi connectivity index (χ2v) is 10.9. The molecule has 11 heteroatoms. The quantitative estimate of drug-likeness (QED) is 0.338. The van der Waals surface area contributed by atoms with Crippen LogP contribution in [0.1, 0.15) is 111 Å². The normalized spacial score (nSPS) is 19.1. The van der Waals surface area contributed by atoms with E-state index >= 15 is 0 Å². The number of hydrogen-bond acceptors (Lipinski definition) is 6. The molecular weight excluding hydrogens is 506 g/mol. The lowest BCUT2D eigenvalue weighted by atomic mass is 9.81. The highest BCUT2D eigenvalue weighted by atomic mass is 19.3. The lowest BCUT2D eigenvalue weighted by Crippen LogP contribution is -2.37. The maximum atomic E-state index is 14.0. The predicted octanol–water partition coefficient (Wildman–Crippen LogP) is 5.33. The van der Waals surface area contributed by atoms with Crippen LogP contribution in [-0.2, 0) is 11.2 Å². The van der Waals surface area contributed by atoms with Crippen molar-refractivity contribution >= 4 is 17.6 Å². The van der Waals surface area contributed by atoms with Gasteiger partial charge in [0.25, 0.3) is 5.91 Å². The van der Waals surface area contributed by atoms with Crippen molar-refractivity contribution in [1.82, 2.24) is 30.2 Å².